The quantitative estimate of drug-likeness (QED) is 0.532. The summed E-state index contributed by atoms with van der Waals surface area (Å²) in [5.74, 6) is 0.107. The third-order valence-electron chi connectivity index (χ3n) is 3.79. The highest BCUT2D eigenvalue weighted by Gasteiger charge is 2.23. The Morgan fingerprint density at radius 1 is 1.38 bits per heavy atom. The van der Waals surface area contributed by atoms with E-state index in [1.165, 1.54) is 4.57 Å². The summed E-state index contributed by atoms with van der Waals surface area (Å²) in [6.45, 7) is 3.64. The van der Waals surface area contributed by atoms with Crippen LogP contribution in [0, 0.1) is 0 Å². The van der Waals surface area contributed by atoms with Gasteiger partial charge in [-0.15, -0.1) is 0 Å². The lowest BCUT2D eigenvalue weighted by Crippen LogP contribution is -2.21. The molecule has 126 valence electrons. The van der Waals surface area contributed by atoms with Crippen molar-refractivity contribution in [1.29, 1.82) is 0 Å². The number of halogens is 1. The molecule has 0 unspecified atom stereocenters. The Kier molecular flexibility index (Phi) is 4.19. The molecule has 0 aliphatic rings. The first-order chi connectivity index (χ1) is 11.3. The predicted octanol–water partition coefficient (Wildman–Crippen LogP) is 1.44. The number of imidazole rings is 1. The molecule has 0 saturated carbocycles. The van der Waals surface area contributed by atoms with Gasteiger partial charge in [0, 0.05) is 12.4 Å². The first-order valence-electron chi connectivity index (χ1n) is 7.25. The molecule has 3 aromatic rings. The van der Waals surface area contributed by atoms with Crippen molar-refractivity contribution in [3.8, 4) is 0 Å². The molecule has 3 aromatic heterocycles. The molecule has 10 heteroatoms. The van der Waals surface area contributed by atoms with Crippen molar-refractivity contribution in [3.05, 3.63) is 39.5 Å². The van der Waals surface area contributed by atoms with Crippen LogP contribution < -0.4 is 17.0 Å². The number of nitrogen functional groups attached to an aromatic ring is 1. The van der Waals surface area contributed by atoms with Gasteiger partial charge in [-0.3, -0.25) is 4.57 Å². The zero-order valence-corrected chi connectivity index (χ0v) is 14.8. The van der Waals surface area contributed by atoms with Crippen LogP contribution in [0.4, 0.5) is 5.82 Å². The monoisotopic (exact) mass is 366 g/mol. The molecule has 0 aliphatic carbocycles. The van der Waals surface area contributed by atoms with E-state index in [4.69, 9.17) is 17.3 Å². The minimum atomic E-state index is -2.72. The molecule has 0 amide bonds. The predicted molar refractivity (Wildman–Crippen MR) is 94.6 cm³/mol. The molecule has 3 rings (SSSR count). The van der Waals surface area contributed by atoms with Crippen LogP contribution in [0.3, 0.4) is 0 Å². The second kappa shape index (κ2) is 6.03. The number of hydrogen-bond donors (Lipinski definition) is 2. The number of hydrogen-bond acceptors (Lipinski definition) is 6. The maximum atomic E-state index is 12.6. The van der Waals surface area contributed by atoms with E-state index in [1.54, 1.807) is 31.9 Å². The Hall–Kier alpha value is -2.18. The largest absolute Gasteiger partial charge is 0.382 e. The molecular formula is C14H16ClN6O2P. The van der Waals surface area contributed by atoms with E-state index < -0.39 is 7.14 Å². The Morgan fingerprint density at radius 2 is 2.12 bits per heavy atom. The molecule has 8 nitrogen and oxygen atoms in total. The van der Waals surface area contributed by atoms with Gasteiger partial charge in [-0.1, -0.05) is 24.6 Å². The first kappa shape index (κ1) is 16.7. The van der Waals surface area contributed by atoms with E-state index in [1.807, 2.05) is 0 Å². The number of pyridine rings is 1. The van der Waals surface area contributed by atoms with Gasteiger partial charge < -0.3 is 15.3 Å². The molecule has 24 heavy (non-hydrogen) atoms. The van der Waals surface area contributed by atoms with E-state index in [-0.39, 0.29) is 23.6 Å². The minimum Gasteiger partial charge on any atom is -0.382 e. The summed E-state index contributed by atoms with van der Waals surface area (Å²) in [7, 11) is -2.72. The van der Waals surface area contributed by atoms with Gasteiger partial charge in [0.1, 0.15) is 17.8 Å². The van der Waals surface area contributed by atoms with Gasteiger partial charge in [0.2, 0.25) is 0 Å². The highest BCUT2D eigenvalue weighted by molar-refractivity contribution is 7.70. The fourth-order valence-electron chi connectivity index (χ4n) is 2.22. The molecule has 0 aromatic carbocycles. The Balaban J connectivity index is 2.17. The van der Waals surface area contributed by atoms with E-state index in [0.717, 1.165) is 5.56 Å². The van der Waals surface area contributed by atoms with Crippen LogP contribution in [0.15, 0.2) is 23.1 Å². The maximum absolute atomic E-state index is 12.6. The van der Waals surface area contributed by atoms with Crippen molar-refractivity contribution in [2.75, 3.05) is 18.6 Å². The van der Waals surface area contributed by atoms with Crippen molar-refractivity contribution < 1.29 is 4.57 Å². The van der Waals surface area contributed by atoms with E-state index in [9.17, 15) is 9.36 Å². The van der Waals surface area contributed by atoms with E-state index in [0.29, 0.717) is 22.5 Å². The lowest BCUT2D eigenvalue weighted by atomic mass is 10.3. The summed E-state index contributed by atoms with van der Waals surface area (Å²) >= 11 is 5.77. The third-order valence-corrected chi connectivity index (χ3v) is 6.27. The van der Waals surface area contributed by atoms with Crippen molar-refractivity contribution >= 4 is 41.3 Å². The van der Waals surface area contributed by atoms with Crippen molar-refractivity contribution in [2.45, 2.75) is 13.5 Å². The van der Waals surface area contributed by atoms with Crippen molar-refractivity contribution in [2.24, 2.45) is 0 Å². The maximum Gasteiger partial charge on any atom is 0.328 e. The van der Waals surface area contributed by atoms with Crippen molar-refractivity contribution in [1.82, 2.24) is 24.5 Å². The average Bonchev–Trinajstić information content (AvgIpc) is 2.86. The molecule has 0 fully saturated rings. The summed E-state index contributed by atoms with van der Waals surface area (Å²) < 4.78 is 14.0. The molecule has 0 aliphatic heterocycles. The third kappa shape index (κ3) is 2.95. The van der Waals surface area contributed by atoms with Gasteiger partial charge in [-0.2, -0.15) is 0 Å². The molecule has 3 heterocycles. The number of nitrogens with zero attached hydrogens (tertiary/aromatic N) is 4. The van der Waals surface area contributed by atoms with Gasteiger partial charge in [-0.25, -0.2) is 19.7 Å². The fraction of sp³-hybridized carbons (Fsp3) is 0.286. The summed E-state index contributed by atoms with van der Waals surface area (Å²) in [5, 5.41) is 0.369. The normalized spacial score (nSPS) is 14.0. The molecule has 0 radical (unpaired) electrons. The topological polar surface area (TPSA) is 120 Å². The van der Waals surface area contributed by atoms with Crippen LogP contribution in [-0.2, 0) is 11.1 Å². The standard InChI is InChI=1S/C14H16ClN6O2P/c1-3-24(2,23)13-19-11(16)10-12(20-13)21(14(22)18-10)7-8-4-5-9(15)17-6-8/h4-6H,3,7H2,1-2H3,(H,18,22)(H2,16,19,20)/t24-/m0/s1. The highest BCUT2D eigenvalue weighted by atomic mass is 35.5. The number of nitrogens with two attached hydrogens (primary N) is 1. The number of fused-ring (bicyclic) bond motifs is 1. The molecule has 3 N–H and O–H groups in total. The van der Waals surface area contributed by atoms with Crippen LogP contribution in [0.25, 0.3) is 11.2 Å². The summed E-state index contributed by atoms with van der Waals surface area (Å²) in [4.78, 5) is 27.4. The lowest BCUT2D eigenvalue weighted by Gasteiger charge is -2.10. The van der Waals surface area contributed by atoms with Gasteiger partial charge in [0.05, 0.1) is 6.54 Å². The van der Waals surface area contributed by atoms with Gasteiger partial charge in [0.15, 0.2) is 17.0 Å². The molecule has 0 saturated heterocycles. The summed E-state index contributed by atoms with van der Waals surface area (Å²) in [5.41, 5.74) is 7.16. The second-order valence-electron chi connectivity index (χ2n) is 5.53. The molecular weight excluding hydrogens is 351 g/mol. The van der Waals surface area contributed by atoms with Crippen LogP contribution in [0.5, 0.6) is 0 Å². The number of aromatic amines is 1. The number of aromatic nitrogens is 5. The highest BCUT2D eigenvalue weighted by Crippen LogP contribution is 2.38. The van der Waals surface area contributed by atoms with Crippen molar-refractivity contribution in [3.63, 3.8) is 0 Å². The SMILES string of the molecule is CC[P@](C)(=O)c1nc(N)c2[nH]c(=O)n(Cc3ccc(Cl)nc3)c2n1. The van der Waals surface area contributed by atoms with Gasteiger partial charge in [-0.05, 0) is 18.3 Å². The van der Waals surface area contributed by atoms with Crippen LogP contribution >= 0.6 is 18.7 Å². The number of H-pyrrole nitrogens is 1. The average molecular weight is 367 g/mol. The molecule has 0 bridgehead atoms. The second-order valence-corrected chi connectivity index (χ2v) is 9.15. The minimum absolute atomic E-state index is 0.107. The fourth-order valence-corrected chi connectivity index (χ4v) is 3.24. The zero-order chi connectivity index (χ0) is 17.5. The van der Waals surface area contributed by atoms with Crippen LogP contribution in [0.2, 0.25) is 5.15 Å². The Bertz CT molecular complexity index is 1010. The van der Waals surface area contributed by atoms with Crippen LogP contribution in [0.1, 0.15) is 12.5 Å². The van der Waals surface area contributed by atoms with Gasteiger partial charge in [0.25, 0.3) is 0 Å². The van der Waals surface area contributed by atoms with E-state index in [2.05, 4.69) is 19.9 Å². The zero-order valence-electron chi connectivity index (χ0n) is 13.2. The number of rotatable bonds is 4. The van der Waals surface area contributed by atoms with Crippen LogP contribution in [-0.4, -0.2) is 37.3 Å². The molecule has 0 spiro atoms. The number of anilines is 1. The molecule has 1 atom stereocenters. The Labute approximate surface area is 142 Å². The summed E-state index contributed by atoms with van der Waals surface area (Å²) in [6.07, 6.45) is 1.99. The number of nitrogens with one attached hydrogen (secondary N) is 1. The lowest BCUT2D eigenvalue weighted by molar-refractivity contribution is 0.584. The smallest absolute Gasteiger partial charge is 0.328 e. The summed E-state index contributed by atoms with van der Waals surface area (Å²) in [6, 6.07) is 3.41. The van der Waals surface area contributed by atoms with E-state index >= 15 is 0 Å². The Morgan fingerprint density at radius 3 is 2.75 bits per heavy atom. The first-order valence-corrected chi connectivity index (χ1v) is 9.97. The van der Waals surface area contributed by atoms with Gasteiger partial charge >= 0.3 is 5.69 Å².